The van der Waals surface area contributed by atoms with Crippen molar-refractivity contribution < 1.29 is 13.6 Å². The first-order valence-electron chi connectivity index (χ1n) is 13.5. The number of H-pyrrole nitrogens is 1. The largest absolute Gasteiger partial charge is 0.414 e. The van der Waals surface area contributed by atoms with Gasteiger partial charge in [-0.2, -0.15) is 0 Å². The maximum atomic E-state index is 12.9. The van der Waals surface area contributed by atoms with Crippen LogP contribution < -0.4 is 5.56 Å². The normalized spacial score (nSPS) is 21.4. The van der Waals surface area contributed by atoms with E-state index in [0.29, 0.717) is 30.0 Å². The predicted molar refractivity (Wildman–Crippen MR) is 157 cm³/mol. The van der Waals surface area contributed by atoms with Crippen LogP contribution in [-0.2, 0) is 13.6 Å². The van der Waals surface area contributed by atoms with Gasteiger partial charge in [-0.1, -0.05) is 71.9 Å². The lowest BCUT2D eigenvalue weighted by Gasteiger charge is -2.40. The lowest BCUT2D eigenvalue weighted by atomic mass is 10.2. The molecule has 0 radical (unpaired) electrons. The molecule has 0 aliphatic carbocycles. The molecule has 1 aromatic carbocycles. The fraction of sp³-hybridized carbons (Fsp3) is 0.607. The van der Waals surface area contributed by atoms with Gasteiger partial charge in [-0.25, -0.2) is 9.97 Å². The lowest BCUT2D eigenvalue weighted by Crippen LogP contribution is -2.48. The van der Waals surface area contributed by atoms with E-state index in [9.17, 15) is 4.79 Å². The molecule has 0 bridgehead atoms. The Hall–Kier alpha value is -2.12. The van der Waals surface area contributed by atoms with Gasteiger partial charge in [-0.3, -0.25) is 9.36 Å². The van der Waals surface area contributed by atoms with Crippen LogP contribution in [0.1, 0.15) is 54.2 Å². The Bertz CT molecular complexity index is 1320. The minimum Gasteiger partial charge on any atom is -0.414 e. The molecule has 0 saturated carbocycles. The van der Waals surface area contributed by atoms with Crippen LogP contribution in [0.2, 0.25) is 36.3 Å². The highest BCUT2D eigenvalue weighted by Crippen LogP contribution is 2.42. The van der Waals surface area contributed by atoms with Gasteiger partial charge in [-0.15, -0.1) is 0 Å². The third-order valence-corrected chi connectivity index (χ3v) is 17.6. The van der Waals surface area contributed by atoms with Crippen molar-refractivity contribution in [3.63, 3.8) is 0 Å². The second-order valence-corrected chi connectivity index (χ2v) is 23.0. The Morgan fingerprint density at radius 3 is 2.26 bits per heavy atom. The van der Waals surface area contributed by atoms with Crippen LogP contribution in [0.15, 0.2) is 41.5 Å². The highest BCUT2D eigenvalue weighted by molar-refractivity contribution is 6.74. The maximum Gasteiger partial charge on any atom is 0.279 e. The predicted octanol–water partition coefficient (Wildman–Crippen LogP) is 6.49. The van der Waals surface area contributed by atoms with Crippen LogP contribution >= 0.6 is 0 Å². The van der Waals surface area contributed by atoms with Crippen molar-refractivity contribution in [2.45, 2.75) is 103 Å². The van der Waals surface area contributed by atoms with Crippen LogP contribution in [0.5, 0.6) is 0 Å². The molecule has 4 rings (SSSR count). The van der Waals surface area contributed by atoms with Gasteiger partial charge in [0.2, 0.25) is 0 Å². The molecule has 0 unspecified atom stereocenters. The summed E-state index contributed by atoms with van der Waals surface area (Å²) in [5.74, 6) is 0.509. The Labute approximate surface area is 228 Å². The molecule has 3 aromatic rings. The molecule has 1 saturated heterocycles. The molecule has 0 amide bonds. The molecule has 38 heavy (non-hydrogen) atoms. The van der Waals surface area contributed by atoms with Crippen molar-refractivity contribution in [3.8, 4) is 11.4 Å². The standard InChI is InChI=1S/C28H44N4O4Si2/c1-27(2,3)37(7,8)34-17-21-20(36-38(9,10)28(4,5)6)16-22(35-21)32-18-29-23-25(32)30-24(31-26(23)33)19-14-12-11-13-15-19/h11-15,18,20-22H,16-17H2,1-10H3,(H,30,31,33)/t20-,21+,22+/m0/s1. The maximum absolute atomic E-state index is 12.9. The van der Waals surface area contributed by atoms with Gasteiger partial charge in [0.15, 0.2) is 27.8 Å². The van der Waals surface area contributed by atoms with Crippen molar-refractivity contribution in [2.75, 3.05) is 6.61 Å². The molecule has 2 aromatic heterocycles. The zero-order valence-corrected chi connectivity index (χ0v) is 26.6. The molecule has 8 nitrogen and oxygen atoms in total. The van der Waals surface area contributed by atoms with Gasteiger partial charge in [0, 0.05) is 12.0 Å². The van der Waals surface area contributed by atoms with Crippen molar-refractivity contribution in [3.05, 3.63) is 47.0 Å². The van der Waals surface area contributed by atoms with E-state index in [0.717, 1.165) is 5.56 Å². The number of rotatable bonds is 7. The summed E-state index contributed by atoms with van der Waals surface area (Å²) in [4.78, 5) is 25.0. The number of nitrogens with zero attached hydrogens (tertiary/aromatic N) is 3. The Balaban J connectivity index is 1.67. The summed E-state index contributed by atoms with van der Waals surface area (Å²) in [5.41, 5.74) is 1.38. The summed E-state index contributed by atoms with van der Waals surface area (Å²) in [6, 6.07) is 9.63. The summed E-state index contributed by atoms with van der Waals surface area (Å²) in [6.07, 6.45) is 1.58. The van der Waals surface area contributed by atoms with Crippen LogP contribution in [0, 0.1) is 0 Å². The first-order chi connectivity index (χ1) is 17.5. The zero-order chi connectivity index (χ0) is 28.1. The SMILES string of the molecule is CC(C)(C)[Si](C)(C)OC[C@H]1O[C@@H](n2cnc3c(=O)[nH]c(-c4ccccc4)nc32)C[C@@H]1O[Si](C)(C)C(C)(C)C. The first kappa shape index (κ1) is 28.9. The van der Waals surface area contributed by atoms with E-state index in [1.807, 2.05) is 34.9 Å². The molecule has 1 fully saturated rings. The monoisotopic (exact) mass is 556 g/mol. The highest BCUT2D eigenvalue weighted by Gasteiger charge is 2.47. The third-order valence-electron chi connectivity index (χ3n) is 8.64. The summed E-state index contributed by atoms with van der Waals surface area (Å²) in [7, 11) is -4.06. The van der Waals surface area contributed by atoms with E-state index in [4.69, 9.17) is 18.6 Å². The van der Waals surface area contributed by atoms with E-state index >= 15 is 0 Å². The quantitative estimate of drug-likeness (QED) is 0.335. The van der Waals surface area contributed by atoms with E-state index < -0.39 is 16.6 Å². The van der Waals surface area contributed by atoms with Gasteiger partial charge in [0.25, 0.3) is 5.56 Å². The van der Waals surface area contributed by atoms with Crippen LogP contribution in [0.3, 0.4) is 0 Å². The van der Waals surface area contributed by atoms with Crippen LogP contribution in [0.4, 0.5) is 0 Å². The molecule has 1 N–H and O–H groups in total. The molecule has 1 aliphatic rings. The first-order valence-corrected chi connectivity index (χ1v) is 19.3. The molecule has 1 aliphatic heterocycles. The van der Waals surface area contributed by atoms with Crippen LogP contribution in [0.25, 0.3) is 22.6 Å². The summed E-state index contributed by atoms with van der Waals surface area (Å²) in [5, 5.41) is 0.164. The second kappa shape index (κ2) is 10.1. The average Bonchev–Trinajstić information content (AvgIpc) is 3.40. The van der Waals surface area contributed by atoms with E-state index in [-0.39, 0.29) is 34.1 Å². The number of benzene rings is 1. The third kappa shape index (κ3) is 5.74. The van der Waals surface area contributed by atoms with Crippen molar-refractivity contribution in [1.82, 2.24) is 19.5 Å². The van der Waals surface area contributed by atoms with Crippen molar-refractivity contribution in [2.24, 2.45) is 0 Å². The summed E-state index contributed by atoms with van der Waals surface area (Å²) >= 11 is 0. The van der Waals surface area contributed by atoms with Crippen molar-refractivity contribution >= 4 is 27.8 Å². The Kier molecular flexibility index (Phi) is 7.70. The van der Waals surface area contributed by atoms with E-state index in [2.05, 4.69) is 77.7 Å². The number of aromatic amines is 1. The van der Waals surface area contributed by atoms with E-state index in [1.54, 1.807) is 6.33 Å². The average molecular weight is 557 g/mol. The number of imidazole rings is 1. The number of aromatic nitrogens is 4. The molecule has 10 heteroatoms. The van der Waals surface area contributed by atoms with E-state index in [1.165, 1.54) is 0 Å². The smallest absolute Gasteiger partial charge is 0.279 e. The minimum atomic E-state index is -2.07. The zero-order valence-electron chi connectivity index (χ0n) is 24.6. The summed E-state index contributed by atoms with van der Waals surface area (Å²) < 4.78 is 22.0. The lowest BCUT2D eigenvalue weighted by molar-refractivity contribution is -0.0383. The van der Waals surface area contributed by atoms with Gasteiger partial charge < -0.3 is 18.6 Å². The van der Waals surface area contributed by atoms with Gasteiger partial charge in [0.1, 0.15) is 18.2 Å². The topological polar surface area (TPSA) is 91.3 Å². The molecular formula is C28H44N4O4Si2. The minimum absolute atomic E-state index is 0.0665. The molecule has 3 atom stereocenters. The number of nitrogens with one attached hydrogen (secondary N) is 1. The van der Waals surface area contributed by atoms with Gasteiger partial charge in [-0.05, 0) is 36.3 Å². The van der Waals surface area contributed by atoms with Crippen molar-refractivity contribution in [1.29, 1.82) is 0 Å². The molecule has 208 valence electrons. The van der Waals surface area contributed by atoms with Gasteiger partial charge in [0.05, 0.1) is 19.0 Å². The fourth-order valence-corrected chi connectivity index (χ4v) is 6.45. The second-order valence-electron chi connectivity index (χ2n) is 13.5. The van der Waals surface area contributed by atoms with Gasteiger partial charge >= 0.3 is 0 Å². The number of ether oxygens (including phenoxy) is 1. The number of fused-ring (bicyclic) bond motifs is 1. The van der Waals surface area contributed by atoms with Crippen LogP contribution in [-0.4, -0.2) is 55.0 Å². The Morgan fingerprint density at radius 2 is 1.66 bits per heavy atom. The highest BCUT2D eigenvalue weighted by atomic mass is 28.4. The number of hydrogen-bond donors (Lipinski definition) is 1. The number of hydrogen-bond acceptors (Lipinski definition) is 6. The molecule has 3 heterocycles. The fourth-order valence-electron chi connectivity index (χ4n) is 4.08. The Morgan fingerprint density at radius 1 is 1.03 bits per heavy atom. The molecule has 0 spiro atoms. The summed E-state index contributed by atoms with van der Waals surface area (Å²) in [6.45, 7) is 23.0. The molecular weight excluding hydrogens is 513 g/mol.